The van der Waals surface area contributed by atoms with Crippen LogP contribution in [0.4, 0.5) is 17.8 Å². The zero-order chi connectivity index (χ0) is 20.3. The van der Waals surface area contributed by atoms with Gasteiger partial charge in [-0.3, -0.25) is 0 Å². The lowest BCUT2D eigenvalue weighted by molar-refractivity contribution is 0.122. The van der Waals surface area contributed by atoms with Crippen LogP contribution in [-0.4, -0.2) is 67.4 Å². The van der Waals surface area contributed by atoms with Crippen molar-refractivity contribution < 1.29 is 14.2 Å². The second-order valence-corrected chi connectivity index (χ2v) is 8.00. The lowest BCUT2D eigenvalue weighted by Gasteiger charge is -2.27. The Hall–Kier alpha value is -2.66. The molecule has 0 atom stereocenters. The Bertz CT molecular complexity index is 946. The third kappa shape index (κ3) is 4.12. The number of halogens is 1. The number of nitrogens with zero attached hydrogens (tertiary/aromatic N) is 6. The number of hydrazone groups is 1. The smallest absolute Gasteiger partial charge is 0.250 e. The maximum atomic E-state index is 5.45. The Morgan fingerprint density at radius 3 is 2.33 bits per heavy atom. The molecule has 3 aliphatic heterocycles. The molecule has 4 heterocycles. The Labute approximate surface area is 182 Å². The third-order valence-corrected chi connectivity index (χ3v) is 5.84. The Balaban J connectivity index is 1.37. The summed E-state index contributed by atoms with van der Waals surface area (Å²) in [6, 6.07) is 3.74. The average Bonchev–Trinajstić information content (AvgIpc) is 3.46. The molecule has 3 aliphatic rings. The van der Waals surface area contributed by atoms with E-state index >= 15 is 0 Å². The molecule has 0 unspecified atom stereocenters. The van der Waals surface area contributed by atoms with Gasteiger partial charge in [0, 0.05) is 36.2 Å². The summed E-state index contributed by atoms with van der Waals surface area (Å²) in [4.78, 5) is 18.2. The molecule has 2 saturated heterocycles. The second-order valence-electron chi connectivity index (χ2n) is 7.15. The number of fused-ring (bicyclic) bond motifs is 1. The van der Waals surface area contributed by atoms with Crippen LogP contribution < -0.4 is 24.7 Å². The summed E-state index contributed by atoms with van der Waals surface area (Å²) in [6.07, 6.45) is 4.00. The van der Waals surface area contributed by atoms with Crippen LogP contribution in [0.15, 0.2) is 21.7 Å². The van der Waals surface area contributed by atoms with E-state index in [1.54, 1.807) is 6.21 Å². The monoisotopic (exact) mass is 475 g/mol. The minimum Gasteiger partial charge on any atom is -0.454 e. The largest absolute Gasteiger partial charge is 0.454 e. The molecule has 30 heavy (non-hydrogen) atoms. The van der Waals surface area contributed by atoms with Crippen molar-refractivity contribution >= 4 is 40.0 Å². The number of ether oxygens (including phenoxy) is 3. The molecule has 0 bridgehead atoms. The number of hydrogen-bond donors (Lipinski definition) is 1. The van der Waals surface area contributed by atoms with Gasteiger partial charge >= 0.3 is 0 Å². The molecule has 0 radical (unpaired) electrons. The number of aromatic nitrogens is 3. The molecule has 0 aliphatic carbocycles. The normalized spacial score (nSPS) is 18.4. The predicted molar refractivity (Wildman–Crippen MR) is 116 cm³/mol. The van der Waals surface area contributed by atoms with Crippen molar-refractivity contribution in [2.45, 2.75) is 12.8 Å². The molecule has 0 saturated carbocycles. The topological polar surface area (TPSA) is 97.2 Å². The van der Waals surface area contributed by atoms with E-state index in [4.69, 9.17) is 19.2 Å². The Morgan fingerprint density at radius 2 is 1.60 bits per heavy atom. The highest BCUT2D eigenvalue weighted by atomic mass is 79.9. The van der Waals surface area contributed by atoms with Crippen molar-refractivity contribution in [1.29, 1.82) is 0 Å². The van der Waals surface area contributed by atoms with E-state index in [-0.39, 0.29) is 6.79 Å². The SMILES string of the molecule is Brc1cc2c(cc1C=NNc1nc(N3CCCC3)nc(N3CCOCC3)n1)OCO2. The van der Waals surface area contributed by atoms with Gasteiger partial charge in [0.25, 0.3) is 0 Å². The zero-order valence-electron chi connectivity index (χ0n) is 16.4. The lowest BCUT2D eigenvalue weighted by atomic mass is 10.2. The summed E-state index contributed by atoms with van der Waals surface area (Å²) >= 11 is 3.54. The molecule has 158 valence electrons. The first-order valence-electron chi connectivity index (χ1n) is 9.98. The van der Waals surface area contributed by atoms with E-state index in [9.17, 15) is 0 Å². The third-order valence-electron chi connectivity index (χ3n) is 5.15. The summed E-state index contributed by atoms with van der Waals surface area (Å²) in [7, 11) is 0. The van der Waals surface area contributed by atoms with Gasteiger partial charge in [-0.15, -0.1) is 0 Å². The van der Waals surface area contributed by atoms with E-state index in [1.165, 1.54) is 0 Å². The van der Waals surface area contributed by atoms with Crippen molar-refractivity contribution in [1.82, 2.24) is 15.0 Å². The minimum atomic E-state index is 0.231. The Morgan fingerprint density at radius 1 is 0.933 bits per heavy atom. The highest BCUT2D eigenvalue weighted by Crippen LogP contribution is 2.36. The van der Waals surface area contributed by atoms with Crippen LogP contribution in [0.2, 0.25) is 0 Å². The number of nitrogens with one attached hydrogen (secondary N) is 1. The zero-order valence-corrected chi connectivity index (χ0v) is 18.0. The van der Waals surface area contributed by atoms with Crippen LogP contribution in [0.3, 0.4) is 0 Å². The van der Waals surface area contributed by atoms with Crippen LogP contribution in [0.25, 0.3) is 0 Å². The van der Waals surface area contributed by atoms with Crippen molar-refractivity contribution in [2.24, 2.45) is 5.10 Å². The Kier molecular flexibility index (Phi) is 5.54. The van der Waals surface area contributed by atoms with Gasteiger partial charge < -0.3 is 24.0 Å². The van der Waals surface area contributed by atoms with Crippen LogP contribution >= 0.6 is 15.9 Å². The van der Waals surface area contributed by atoms with E-state index < -0.39 is 0 Å². The van der Waals surface area contributed by atoms with Crippen LogP contribution in [0, 0.1) is 0 Å². The van der Waals surface area contributed by atoms with Crippen molar-refractivity contribution in [3.8, 4) is 11.5 Å². The number of hydrogen-bond acceptors (Lipinski definition) is 10. The summed E-state index contributed by atoms with van der Waals surface area (Å²) in [6.45, 7) is 5.01. The van der Waals surface area contributed by atoms with E-state index in [2.05, 4.69) is 46.2 Å². The van der Waals surface area contributed by atoms with Gasteiger partial charge in [0.1, 0.15) is 0 Å². The first kappa shape index (κ1) is 19.3. The standard InChI is InChI=1S/C19H22BrN7O3/c20-14-10-16-15(29-12-30-16)9-13(14)11-21-25-17-22-18(26-3-1-2-4-26)24-19(23-17)27-5-7-28-8-6-27/h9-11H,1-8,12H2,(H,22,23,24,25). The van der Waals surface area contributed by atoms with Crippen LogP contribution in [0.5, 0.6) is 11.5 Å². The van der Waals surface area contributed by atoms with Gasteiger partial charge in [0.05, 0.1) is 19.4 Å². The first-order valence-corrected chi connectivity index (χ1v) is 10.8. The number of benzene rings is 1. The van der Waals surface area contributed by atoms with Gasteiger partial charge in [-0.25, -0.2) is 5.43 Å². The lowest BCUT2D eigenvalue weighted by Crippen LogP contribution is -2.38. The molecule has 1 aromatic carbocycles. The van der Waals surface area contributed by atoms with Gasteiger partial charge in [-0.05, 0) is 40.9 Å². The van der Waals surface area contributed by atoms with Crippen molar-refractivity contribution in [3.05, 3.63) is 22.2 Å². The molecule has 2 aromatic rings. The fourth-order valence-electron chi connectivity index (χ4n) is 3.56. The maximum absolute atomic E-state index is 5.45. The molecule has 1 N–H and O–H groups in total. The van der Waals surface area contributed by atoms with E-state index in [0.717, 1.165) is 54.8 Å². The summed E-state index contributed by atoms with van der Waals surface area (Å²) in [5.74, 6) is 3.17. The van der Waals surface area contributed by atoms with Gasteiger partial charge in [0.2, 0.25) is 24.6 Å². The van der Waals surface area contributed by atoms with E-state index in [1.807, 2.05) is 12.1 Å². The molecule has 0 spiro atoms. The maximum Gasteiger partial charge on any atom is 0.250 e. The van der Waals surface area contributed by atoms with Crippen molar-refractivity contribution in [2.75, 3.05) is 61.4 Å². The molecular formula is C19H22BrN7O3. The van der Waals surface area contributed by atoms with Crippen LogP contribution in [0.1, 0.15) is 18.4 Å². The highest BCUT2D eigenvalue weighted by molar-refractivity contribution is 9.10. The molecule has 0 amide bonds. The molecule has 10 nitrogen and oxygen atoms in total. The number of anilines is 3. The highest BCUT2D eigenvalue weighted by Gasteiger charge is 2.21. The van der Waals surface area contributed by atoms with Crippen molar-refractivity contribution in [3.63, 3.8) is 0 Å². The van der Waals surface area contributed by atoms with E-state index in [0.29, 0.717) is 36.8 Å². The predicted octanol–water partition coefficient (Wildman–Crippen LogP) is 2.25. The fourth-order valence-corrected chi connectivity index (χ4v) is 3.98. The molecular weight excluding hydrogens is 454 g/mol. The fraction of sp³-hybridized carbons (Fsp3) is 0.474. The molecule has 11 heteroatoms. The number of morpholine rings is 1. The second kappa shape index (κ2) is 8.60. The van der Waals surface area contributed by atoms with Gasteiger partial charge in [-0.2, -0.15) is 20.1 Å². The minimum absolute atomic E-state index is 0.231. The van der Waals surface area contributed by atoms with Gasteiger partial charge in [-0.1, -0.05) is 0 Å². The summed E-state index contributed by atoms with van der Waals surface area (Å²) in [5, 5.41) is 4.34. The van der Waals surface area contributed by atoms with Gasteiger partial charge in [0.15, 0.2) is 11.5 Å². The molecule has 5 rings (SSSR count). The average molecular weight is 476 g/mol. The molecule has 1 aromatic heterocycles. The first-order chi connectivity index (χ1) is 14.8. The van der Waals surface area contributed by atoms with Crippen LogP contribution in [-0.2, 0) is 4.74 Å². The quantitative estimate of drug-likeness (QED) is 0.515. The summed E-state index contributed by atoms with van der Waals surface area (Å²) in [5.41, 5.74) is 3.82. The number of rotatable bonds is 5. The summed E-state index contributed by atoms with van der Waals surface area (Å²) < 4.78 is 17.1. The molecule has 2 fully saturated rings.